The van der Waals surface area contributed by atoms with Crippen molar-refractivity contribution in [3.63, 3.8) is 0 Å². The van der Waals surface area contributed by atoms with Crippen LogP contribution in [0.25, 0.3) is 0 Å². The van der Waals surface area contributed by atoms with Gasteiger partial charge in [0.1, 0.15) is 6.17 Å². The van der Waals surface area contributed by atoms with Crippen molar-refractivity contribution in [2.45, 2.75) is 63.2 Å². The van der Waals surface area contributed by atoms with Gasteiger partial charge < -0.3 is 5.11 Å². The van der Waals surface area contributed by atoms with E-state index >= 15 is 8.78 Å². The van der Waals surface area contributed by atoms with Crippen molar-refractivity contribution >= 4 is 34.3 Å². The van der Waals surface area contributed by atoms with Crippen LogP contribution in [-0.4, -0.2) is 56.9 Å². The summed E-state index contributed by atoms with van der Waals surface area (Å²) in [5.41, 5.74) is -5.14. The largest absolute Gasteiger partial charge is 0.390 e. The van der Waals surface area contributed by atoms with Crippen LogP contribution in [0.2, 0.25) is 5.02 Å². The topological polar surface area (TPSA) is 90.6 Å². The third-order valence-electron chi connectivity index (χ3n) is 10.5. The molecule has 0 spiro atoms. The van der Waals surface area contributed by atoms with Crippen LogP contribution in [0.15, 0.2) is 48.1 Å². The number of aliphatic hydroxyl groups is 1. The number of ketones is 1. The number of fused-ring (bicyclic) bond motifs is 7. The number of hydrogen-bond donors (Lipinski definition) is 1. The molecule has 5 aliphatic rings. The first-order valence-electron chi connectivity index (χ1n) is 13.6. The number of hydroxylamine groups is 2. The van der Waals surface area contributed by atoms with E-state index in [0.29, 0.717) is 24.5 Å². The summed E-state index contributed by atoms with van der Waals surface area (Å²) in [4.78, 5) is 32.7. The van der Waals surface area contributed by atoms with Gasteiger partial charge in [0.25, 0.3) is 0 Å². The van der Waals surface area contributed by atoms with E-state index in [1.165, 1.54) is 18.2 Å². The fourth-order valence-electron chi connectivity index (χ4n) is 8.75. The number of thioether (sulfide) groups is 1. The molecular formula is C30H31ClF2N2O4S. The molecule has 9 unspecified atom stereocenters. The zero-order chi connectivity index (χ0) is 28.7. The summed E-state index contributed by atoms with van der Waals surface area (Å²) in [6, 6.07) is 9.32. The number of nitrogens with zero attached hydrogens (tertiary/aromatic N) is 2. The van der Waals surface area contributed by atoms with Gasteiger partial charge in [-0.25, -0.2) is 8.78 Å². The Morgan fingerprint density at radius 1 is 1.27 bits per heavy atom. The lowest BCUT2D eigenvalue weighted by atomic mass is 9.44. The van der Waals surface area contributed by atoms with Crippen LogP contribution >= 0.6 is 23.4 Å². The number of rotatable bonds is 4. The Kier molecular flexibility index (Phi) is 6.64. The minimum atomic E-state index is -2.23. The normalized spacial score (nSPS) is 43.8. The van der Waals surface area contributed by atoms with E-state index in [9.17, 15) is 20.0 Å². The van der Waals surface area contributed by atoms with Gasteiger partial charge in [0, 0.05) is 40.8 Å². The van der Waals surface area contributed by atoms with Gasteiger partial charge in [-0.3, -0.25) is 14.4 Å². The number of nitriles is 1. The highest BCUT2D eigenvalue weighted by atomic mass is 35.5. The van der Waals surface area contributed by atoms with Crippen LogP contribution in [0.3, 0.4) is 0 Å². The maximum Gasteiger partial charge on any atom is 0.224 e. The molecule has 1 aliphatic heterocycles. The molecule has 1 N–H and O–H groups in total. The van der Waals surface area contributed by atoms with Gasteiger partial charge in [-0.05, 0) is 67.5 Å². The minimum absolute atomic E-state index is 0.0643. The molecule has 4 aliphatic carbocycles. The van der Waals surface area contributed by atoms with E-state index in [-0.39, 0.29) is 35.2 Å². The van der Waals surface area contributed by atoms with Gasteiger partial charge >= 0.3 is 0 Å². The summed E-state index contributed by atoms with van der Waals surface area (Å²) < 4.78 is 33.3. The Labute approximate surface area is 241 Å². The van der Waals surface area contributed by atoms with Gasteiger partial charge in [-0.1, -0.05) is 48.5 Å². The molecule has 1 aromatic rings. The van der Waals surface area contributed by atoms with Crippen LogP contribution in [-0.2, 0) is 21.0 Å². The maximum absolute atomic E-state index is 17.5. The highest BCUT2D eigenvalue weighted by Crippen LogP contribution is 2.73. The average molecular weight is 589 g/mol. The lowest BCUT2D eigenvalue weighted by Crippen LogP contribution is -2.70. The second-order valence-corrected chi connectivity index (χ2v) is 13.7. The number of benzene rings is 1. The standard InChI is InChI=1S/C30H31ClF2N2O4S/c1-27-8-7-20(36)12-23(27)24(32)13-22-21-11-18-16-35(15-17-3-5-19(31)6-4-17)39-30(18,26(38)40-10-9-34)28(21,2)14-25(37)29(22,27)33/h3-8,12,18,21-22,24-25,37H,10-11,13-16H2,1-2H3. The van der Waals surface area contributed by atoms with Crippen molar-refractivity contribution < 1.29 is 28.3 Å². The van der Waals surface area contributed by atoms with Crippen molar-refractivity contribution in [2.75, 3.05) is 12.3 Å². The van der Waals surface area contributed by atoms with Crippen molar-refractivity contribution in [1.29, 1.82) is 5.26 Å². The lowest BCUT2D eigenvalue weighted by Gasteiger charge is -2.63. The number of hydrogen-bond acceptors (Lipinski definition) is 7. The predicted molar refractivity (Wildman–Crippen MR) is 146 cm³/mol. The Morgan fingerprint density at radius 2 is 2.00 bits per heavy atom. The van der Waals surface area contributed by atoms with Gasteiger partial charge in [-0.15, -0.1) is 0 Å². The van der Waals surface area contributed by atoms with Crippen molar-refractivity contribution in [3.05, 3.63) is 58.7 Å². The highest BCUT2D eigenvalue weighted by molar-refractivity contribution is 8.14. The predicted octanol–water partition coefficient (Wildman–Crippen LogP) is 5.15. The number of carbonyl (C=O) groups is 2. The number of halogens is 3. The molecule has 0 amide bonds. The molecule has 1 heterocycles. The second-order valence-electron chi connectivity index (χ2n) is 12.3. The van der Waals surface area contributed by atoms with E-state index < -0.39 is 52.0 Å². The van der Waals surface area contributed by atoms with E-state index in [2.05, 4.69) is 0 Å². The van der Waals surface area contributed by atoms with Gasteiger partial charge in [0.2, 0.25) is 5.12 Å². The summed E-state index contributed by atoms with van der Waals surface area (Å²) in [5.74, 6) is -2.16. The summed E-state index contributed by atoms with van der Waals surface area (Å²) in [6.07, 6.45) is 0.918. The van der Waals surface area contributed by atoms with Gasteiger partial charge in [0.05, 0.1) is 17.9 Å². The minimum Gasteiger partial charge on any atom is -0.390 e. The van der Waals surface area contributed by atoms with E-state index in [4.69, 9.17) is 16.4 Å². The van der Waals surface area contributed by atoms with E-state index in [1.54, 1.807) is 24.1 Å². The fourth-order valence-corrected chi connectivity index (χ4v) is 9.73. The molecule has 3 saturated carbocycles. The molecule has 1 saturated heterocycles. The zero-order valence-electron chi connectivity index (χ0n) is 22.3. The molecular weight excluding hydrogens is 558 g/mol. The molecule has 10 heteroatoms. The highest BCUT2D eigenvalue weighted by Gasteiger charge is 2.79. The molecule has 40 heavy (non-hydrogen) atoms. The Bertz CT molecular complexity index is 1370. The van der Waals surface area contributed by atoms with Gasteiger partial charge in [-0.2, -0.15) is 10.3 Å². The van der Waals surface area contributed by atoms with Crippen molar-refractivity contribution in [1.82, 2.24) is 5.06 Å². The van der Waals surface area contributed by atoms with Crippen molar-refractivity contribution in [2.24, 2.45) is 28.6 Å². The van der Waals surface area contributed by atoms with E-state index in [0.717, 1.165) is 17.3 Å². The molecule has 6 nitrogen and oxygen atoms in total. The number of alkyl halides is 2. The zero-order valence-corrected chi connectivity index (χ0v) is 23.9. The van der Waals surface area contributed by atoms with E-state index in [1.807, 2.05) is 25.1 Å². The lowest BCUT2D eigenvalue weighted by molar-refractivity contribution is -0.266. The Morgan fingerprint density at radius 3 is 2.70 bits per heavy atom. The first-order valence-corrected chi connectivity index (χ1v) is 15.0. The molecule has 9 atom stereocenters. The molecule has 6 rings (SSSR count). The maximum atomic E-state index is 17.5. The molecule has 4 fully saturated rings. The van der Waals surface area contributed by atoms with Crippen LogP contribution in [0.5, 0.6) is 0 Å². The fraction of sp³-hybridized carbons (Fsp3) is 0.567. The summed E-state index contributed by atoms with van der Waals surface area (Å²) in [7, 11) is 0. The molecule has 0 bridgehead atoms. The quantitative estimate of drug-likeness (QED) is 0.520. The first kappa shape index (κ1) is 28.0. The smallest absolute Gasteiger partial charge is 0.224 e. The number of aliphatic hydroxyl groups excluding tert-OH is 1. The first-order chi connectivity index (χ1) is 18.9. The van der Waals surface area contributed by atoms with Gasteiger partial charge in [0.15, 0.2) is 17.1 Å². The molecule has 212 valence electrons. The summed E-state index contributed by atoms with van der Waals surface area (Å²) in [5, 5.41) is 22.9. The summed E-state index contributed by atoms with van der Waals surface area (Å²) in [6.45, 7) is 4.21. The third-order valence-corrected chi connectivity index (χ3v) is 11.6. The Balaban J connectivity index is 1.40. The Hall–Kier alpha value is -2.09. The molecule has 0 radical (unpaired) electrons. The van der Waals surface area contributed by atoms with Crippen LogP contribution in [0, 0.1) is 39.9 Å². The molecule has 1 aromatic carbocycles. The van der Waals surface area contributed by atoms with Crippen molar-refractivity contribution in [3.8, 4) is 6.07 Å². The van der Waals surface area contributed by atoms with Crippen LogP contribution in [0.4, 0.5) is 8.78 Å². The van der Waals surface area contributed by atoms with Crippen LogP contribution in [0.1, 0.15) is 38.7 Å². The van der Waals surface area contributed by atoms with Crippen LogP contribution < -0.4 is 0 Å². The summed E-state index contributed by atoms with van der Waals surface area (Å²) >= 11 is 6.92. The monoisotopic (exact) mass is 588 g/mol. The number of carbonyl (C=O) groups excluding carboxylic acids is 2. The average Bonchev–Trinajstić information content (AvgIpc) is 3.39. The molecule has 0 aromatic heterocycles. The SMILES string of the molecule is CC12C=CC(=O)C=C1C(F)CC1C3CC4CN(Cc5ccc(Cl)cc5)OC4(C(=O)SCC#N)C3(C)CC(O)C12F. The second kappa shape index (κ2) is 9.47. The number of allylic oxidation sites excluding steroid dienone is 4. The third kappa shape index (κ3) is 3.62.